The summed E-state index contributed by atoms with van der Waals surface area (Å²) in [4.78, 5) is -2.10. The Morgan fingerprint density at radius 3 is 1.77 bits per heavy atom. The van der Waals surface area contributed by atoms with E-state index < -0.39 is 52.3 Å². The molecule has 0 spiro atoms. The van der Waals surface area contributed by atoms with E-state index in [0.717, 1.165) is 12.1 Å². The summed E-state index contributed by atoms with van der Waals surface area (Å²) in [7, 11) is -10.2. The van der Waals surface area contributed by atoms with E-state index in [1.165, 1.54) is 0 Å². The molecule has 0 amide bonds. The number of phenolic OH excluding ortho intramolecular Hbond substituents is 2. The normalized spacial score (nSPS) is 11.5. The zero-order valence-electron chi connectivity index (χ0n) is 11.5. The first kappa shape index (κ1) is 23.4. The Hall–Kier alpha value is 1.39. The maximum atomic E-state index is 11.1. The molecule has 0 aliphatic carbocycles. The van der Waals surface area contributed by atoms with Crippen LogP contribution in [0, 0.1) is 0 Å². The Morgan fingerprint density at radius 2 is 1.32 bits per heavy atom. The van der Waals surface area contributed by atoms with E-state index in [-0.39, 0.29) is 103 Å². The Morgan fingerprint density at radius 1 is 0.818 bits per heavy atom. The molecule has 2 N–H and O–H groups in total. The van der Waals surface area contributed by atoms with Crippen LogP contribution in [0.25, 0.3) is 10.8 Å². The molecule has 2 rings (SSSR count). The van der Waals surface area contributed by atoms with Crippen LogP contribution in [0.5, 0.6) is 11.5 Å². The SMILES string of the molecule is O=S(=O)([O-])c1cc(S(=O)(=O)[O-])c2c(O)ccc(O)c2c1.[K+].[K+]. The van der Waals surface area contributed by atoms with Gasteiger partial charge in [0.2, 0.25) is 0 Å². The van der Waals surface area contributed by atoms with Crippen LogP contribution < -0.4 is 103 Å². The number of benzene rings is 2. The van der Waals surface area contributed by atoms with Gasteiger partial charge in [-0.25, -0.2) is 16.8 Å². The Labute approximate surface area is 211 Å². The fourth-order valence-electron chi connectivity index (χ4n) is 1.73. The summed E-state index contributed by atoms with van der Waals surface area (Å²) in [6.07, 6.45) is 0. The van der Waals surface area contributed by atoms with Crippen LogP contribution in [-0.4, -0.2) is 36.2 Å². The second-order valence-electron chi connectivity index (χ2n) is 3.86. The number of fused-ring (bicyclic) bond motifs is 1. The van der Waals surface area contributed by atoms with Gasteiger partial charge in [-0.1, -0.05) is 0 Å². The fraction of sp³-hybridized carbons (Fsp3) is 0. The molecule has 0 saturated heterocycles. The molecule has 0 aliphatic heterocycles. The van der Waals surface area contributed by atoms with E-state index in [0.29, 0.717) is 12.1 Å². The van der Waals surface area contributed by atoms with Gasteiger partial charge in [-0.2, -0.15) is 0 Å². The van der Waals surface area contributed by atoms with Crippen molar-refractivity contribution in [2.45, 2.75) is 9.79 Å². The topological polar surface area (TPSA) is 155 Å². The van der Waals surface area contributed by atoms with Crippen LogP contribution in [0.1, 0.15) is 0 Å². The van der Waals surface area contributed by atoms with Gasteiger partial charge in [0.05, 0.1) is 9.79 Å². The molecule has 0 saturated carbocycles. The number of phenols is 2. The summed E-state index contributed by atoms with van der Waals surface area (Å²) in [5.74, 6) is -1.24. The van der Waals surface area contributed by atoms with Crippen molar-refractivity contribution in [3.05, 3.63) is 24.3 Å². The Bertz CT molecular complexity index is 922. The molecule has 0 aromatic heterocycles. The van der Waals surface area contributed by atoms with Gasteiger partial charge in [0.25, 0.3) is 0 Å². The molecule has 8 nitrogen and oxygen atoms in total. The first-order valence-corrected chi connectivity index (χ1v) is 7.74. The smallest absolute Gasteiger partial charge is 0.744 e. The molecule has 0 heterocycles. The number of hydrogen-bond donors (Lipinski definition) is 2. The zero-order valence-corrected chi connectivity index (χ0v) is 19.3. The van der Waals surface area contributed by atoms with Crippen molar-refractivity contribution < 1.29 is 139 Å². The third kappa shape index (κ3) is 4.95. The number of hydrogen-bond acceptors (Lipinski definition) is 8. The van der Waals surface area contributed by atoms with Crippen LogP contribution in [0.2, 0.25) is 0 Å². The molecular weight excluding hydrogens is 390 g/mol. The first-order valence-electron chi connectivity index (χ1n) is 4.92. The molecule has 0 unspecified atom stereocenters. The largest absolute Gasteiger partial charge is 1.00 e. The third-order valence-electron chi connectivity index (χ3n) is 2.56. The van der Waals surface area contributed by atoms with Crippen LogP contribution in [-0.2, 0) is 20.2 Å². The van der Waals surface area contributed by atoms with Crippen LogP contribution in [0.4, 0.5) is 0 Å². The molecule has 12 heteroatoms. The van der Waals surface area contributed by atoms with Gasteiger partial charge in [0.15, 0.2) is 0 Å². The predicted octanol–water partition coefficient (Wildman–Crippen LogP) is -5.93. The second-order valence-corrected chi connectivity index (χ2v) is 6.58. The molecule has 2 aromatic carbocycles. The molecule has 2 aromatic rings. The van der Waals surface area contributed by atoms with E-state index in [2.05, 4.69) is 0 Å². The van der Waals surface area contributed by atoms with Crippen LogP contribution >= 0.6 is 0 Å². The van der Waals surface area contributed by atoms with Gasteiger partial charge >= 0.3 is 103 Å². The quantitative estimate of drug-likeness (QED) is 0.289. The molecule has 0 fully saturated rings. The van der Waals surface area contributed by atoms with Crippen molar-refractivity contribution in [3.63, 3.8) is 0 Å². The summed E-state index contributed by atoms with van der Waals surface area (Å²) >= 11 is 0. The molecule has 108 valence electrons. The van der Waals surface area contributed by atoms with Crippen molar-refractivity contribution >= 4 is 31.0 Å². The van der Waals surface area contributed by atoms with E-state index in [1.54, 1.807) is 0 Å². The summed E-state index contributed by atoms with van der Waals surface area (Å²) in [6.45, 7) is 0. The summed E-state index contributed by atoms with van der Waals surface area (Å²) in [6, 6.07) is 2.92. The average molecular weight is 396 g/mol. The van der Waals surface area contributed by atoms with Gasteiger partial charge in [-0.15, -0.1) is 0 Å². The van der Waals surface area contributed by atoms with Crippen LogP contribution in [0.15, 0.2) is 34.1 Å². The Balaban J connectivity index is 0.00000220. The van der Waals surface area contributed by atoms with E-state index in [1.807, 2.05) is 0 Å². The molecule has 22 heavy (non-hydrogen) atoms. The van der Waals surface area contributed by atoms with Gasteiger partial charge in [-0.3, -0.25) is 0 Å². The van der Waals surface area contributed by atoms with E-state index in [4.69, 9.17) is 0 Å². The minimum Gasteiger partial charge on any atom is -0.744 e. The van der Waals surface area contributed by atoms with Crippen LogP contribution in [0.3, 0.4) is 0 Å². The van der Waals surface area contributed by atoms with Crippen molar-refractivity contribution in [1.82, 2.24) is 0 Å². The van der Waals surface area contributed by atoms with Crippen molar-refractivity contribution in [2.24, 2.45) is 0 Å². The molecule has 0 atom stereocenters. The first-order chi connectivity index (χ1) is 9.01. The maximum absolute atomic E-state index is 11.1. The maximum Gasteiger partial charge on any atom is 1.00 e. The molecule has 0 radical (unpaired) electrons. The van der Waals surface area contributed by atoms with Gasteiger partial charge in [0, 0.05) is 10.8 Å². The summed E-state index contributed by atoms with van der Waals surface area (Å²) in [5, 5.41) is 18.2. The van der Waals surface area contributed by atoms with Crippen molar-refractivity contribution in [3.8, 4) is 11.5 Å². The van der Waals surface area contributed by atoms with E-state index in [9.17, 15) is 36.2 Å². The summed E-state index contributed by atoms with van der Waals surface area (Å²) < 4.78 is 66.3. The second kappa shape index (κ2) is 8.18. The zero-order chi connectivity index (χ0) is 15.3. The minimum atomic E-state index is -5.18. The van der Waals surface area contributed by atoms with Crippen molar-refractivity contribution in [1.29, 1.82) is 0 Å². The number of aromatic hydroxyl groups is 2. The Kier molecular flexibility index (Phi) is 8.70. The minimum absolute atomic E-state index is 0. The fourth-order valence-corrected chi connectivity index (χ4v) is 3.06. The molecule has 0 aliphatic rings. The standard InChI is InChI=1S/C10H8O8S2.2K/c11-7-1-2-8(12)10-6(7)3-5(19(13,14)15)4-9(10)20(16,17)18;;/h1-4,11-12H,(H,13,14,15)(H,16,17,18);;/q;2*+1/p-2. The molecular formula is C10H6K2O8S2. The molecule has 0 bridgehead atoms. The summed E-state index contributed by atoms with van der Waals surface area (Å²) in [5.41, 5.74) is 0. The number of rotatable bonds is 2. The van der Waals surface area contributed by atoms with Crippen molar-refractivity contribution in [2.75, 3.05) is 0 Å². The van der Waals surface area contributed by atoms with Gasteiger partial charge in [-0.05, 0) is 24.3 Å². The third-order valence-corrected chi connectivity index (χ3v) is 4.24. The monoisotopic (exact) mass is 396 g/mol. The van der Waals surface area contributed by atoms with E-state index >= 15 is 0 Å². The average Bonchev–Trinajstić information content (AvgIpc) is 2.30. The van der Waals surface area contributed by atoms with Gasteiger partial charge < -0.3 is 19.3 Å². The predicted molar refractivity (Wildman–Crippen MR) is 63.2 cm³/mol. The van der Waals surface area contributed by atoms with Gasteiger partial charge in [0.1, 0.15) is 31.7 Å².